The Morgan fingerprint density at radius 1 is 0.800 bits per heavy atom. The van der Waals surface area contributed by atoms with Gasteiger partial charge in [0.05, 0.1) is 28.4 Å². The highest BCUT2D eigenvalue weighted by atomic mass is 16.5. The van der Waals surface area contributed by atoms with Gasteiger partial charge in [-0.05, 0) is 47.2 Å². The molecule has 0 aliphatic rings. The Morgan fingerprint density at radius 3 is 1.96 bits per heavy atom. The standard InChI is InChI=1S/C20H23NO4/c1-22-16-10-15(11-17(13-16)23-2)18(6-5-9-21)14-7-8-19(24-3)20(12-14)25-4/h6-13,21H,5H2,1-4H3/b18-6-,21-9?. The SMILES string of the molecule is COc1cc(OC)cc(/C(=C\CC=N)c2ccc(OC)c(OC)c2)c1. The monoisotopic (exact) mass is 341 g/mol. The minimum absolute atomic E-state index is 0.517. The van der Waals surface area contributed by atoms with Crippen LogP contribution < -0.4 is 18.9 Å². The third kappa shape index (κ3) is 4.32. The first-order valence-corrected chi connectivity index (χ1v) is 7.81. The molecule has 0 unspecified atom stereocenters. The van der Waals surface area contributed by atoms with Crippen molar-refractivity contribution in [3.8, 4) is 23.0 Å². The molecule has 2 aromatic rings. The zero-order chi connectivity index (χ0) is 18.2. The first kappa shape index (κ1) is 18.4. The van der Waals surface area contributed by atoms with E-state index in [9.17, 15) is 0 Å². The van der Waals surface area contributed by atoms with Crippen molar-refractivity contribution in [2.45, 2.75) is 6.42 Å². The zero-order valence-electron chi connectivity index (χ0n) is 15.0. The smallest absolute Gasteiger partial charge is 0.161 e. The van der Waals surface area contributed by atoms with E-state index in [2.05, 4.69) is 0 Å². The lowest BCUT2D eigenvalue weighted by molar-refractivity contribution is 0.355. The van der Waals surface area contributed by atoms with Gasteiger partial charge in [-0.15, -0.1) is 0 Å². The summed E-state index contributed by atoms with van der Waals surface area (Å²) < 4.78 is 21.5. The van der Waals surface area contributed by atoms with E-state index in [1.165, 1.54) is 6.21 Å². The number of rotatable bonds is 8. The highest BCUT2D eigenvalue weighted by molar-refractivity contribution is 5.83. The minimum Gasteiger partial charge on any atom is -0.497 e. The molecule has 0 spiro atoms. The molecule has 0 saturated heterocycles. The summed E-state index contributed by atoms with van der Waals surface area (Å²) in [7, 11) is 6.46. The zero-order valence-corrected chi connectivity index (χ0v) is 15.0. The average molecular weight is 341 g/mol. The summed E-state index contributed by atoms with van der Waals surface area (Å²) in [5, 5.41) is 7.36. The van der Waals surface area contributed by atoms with Crippen LogP contribution in [0.3, 0.4) is 0 Å². The van der Waals surface area contributed by atoms with Crippen LogP contribution in [0.15, 0.2) is 42.5 Å². The number of hydrogen-bond acceptors (Lipinski definition) is 5. The second-order valence-electron chi connectivity index (χ2n) is 5.23. The molecular formula is C20H23NO4. The number of benzene rings is 2. The maximum atomic E-state index is 7.36. The van der Waals surface area contributed by atoms with Gasteiger partial charge in [0.1, 0.15) is 11.5 Å². The largest absolute Gasteiger partial charge is 0.497 e. The lowest BCUT2D eigenvalue weighted by Gasteiger charge is -2.14. The van der Waals surface area contributed by atoms with Gasteiger partial charge in [0.2, 0.25) is 0 Å². The average Bonchev–Trinajstić information content (AvgIpc) is 2.67. The molecule has 0 radical (unpaired) electrons. The van der Waals surface area contributed by atoms with Crippen LogP contribution in [0.5, 0.6) is 23.0 Å². The van der Waals surface area contributed by atoms with E-state index in [0.29, 0.717) is 29.4 Å². The molecule has 0 bridgehead atoms. The van der Waals surface area contributed by atoms with E-state index >= 15 is 0 Å². The van der Waals surface area contributed by atoms with Crippen LogP contribution in [0.25, 0.3) is 5.57 Å². The number of methoxy groups -OCH3 is 4. The van der Waals surface area contributed by atoms with Gasteiger partial charge in [-0.3, -0.25) is 0 Å². The fourth-order valence-electron chi connectivity index (χ4n) is 2.55. The predicted molar refractivity (Wildman–Crippen MR) is 99.6 cm³/mol. The fourth-order valence-corrected chi connectivity index (χ4v) is 2.55. The number of ether oxygens (including phenoxy) is 4. The van der Waals surface area contributed by atoms with Gasteiger partial charge >= 0.3 is 0 Å². The van der Waals surface area contributed by atoms with Crippen LogP contribution in [-0.4, -0.2) is 34.7 Å². The summed E-state index contributed by atoms with van der Waals surface area (Å²) in [6.07, 6.45) is 3.86. The Morgan fingerprint density at radius 2 is 1.44 bits per heavy atom. The van der Waals surface area contributed by atoms with E-state index in [-0.39, 0.29) is 0 Å². The maximum absolute atomic E-state index is 7.36. The molecule has 0 saturated carbocycles. The second-order valence-corrected chi connectivity index (χ2v) is 5.23. The van der Waals surface area contributed by atoms with E-state index in [0.717, 1.165) is 16.7 Å². The van der Waals surface area contributed by atoms with Crippen molar-refractivity contribution in [2.75, 3.05) is 28.4 Å². The lowest BCUT2D eigenvalue weighted by atomic mass is 9.96. The molecule has 0 atom stereocenters. The van der Waals surface area contributed by atoms with Crippen molar-refractivity contribution in [1.29, 1.82) is 5.41 Å². The Balaban J connectivity index is 2.59. The van der Waals surface area contributed by atoms with Crippen LogP contribution in [0.4, 0.5) is 0 Å². The van der Waals surface area contributed by atoms with Crippen molar-refractivity contribution in [1.82, 2.24) is 0 Å². The van der Waals surface area contributed by atoms with Gasteiger partial charge in [0.15, 0.2) is 11.5 Å². The number of allylic oxidation sites excluding steroid dienone is 1. The fraction of sp³-hybridized carbons (Fsp3) is 0.250. The van der Waals surface area contributed by atoms with E-state index < -0.39 is 0 Å². The van der Waals surface area contributed by atoms with Gasteiger partial charge in [-0.2, -0.15) is 0 Å². The number of hydrogen-bond donors (Lipinski definition) is 1. The third-order valence-electron chi connectivity index (χ3n) is 3.80. The Bertz CT molecular complexity index is 746. The van der Waals surface area contributed by atoms with Crippen molar-refractivity contribution in [3.05, 3.63) is 53.6 Å². The summed E-state index contributed by atoms with van der Waals surface area (Å²) in [6.45, 7) is 0. The summed E-state index contributed by atoms with van der Waals surface area (Å²) in [6, 6.07) is 11.4. The topological polar surface area (TPSA) is 60.8 Å². The highest BCUT2D eigenvalue weighted by Gasteiger charge is 2.12. The molecule has 0 aromatic heterocycles. The first-order valence-electron chi connectivity index (χ1n) is 7.81. The Labute approximate surface area is 148 Å². The molecule has 0 amide bonds. The third-order valence-corrected chi connectivity index (χ3v) is 3.80. The summed E-state index contributed by atoms with van der Waals surface area (Å²) in [4.78, 5) is 0. The van der Waals surface area contributed by atoms with Crippen LogP contribution in [0.1, 0.15) is 17.5 Å². The highest BCUT2D eigenvalue weighted by Crippen LogP contribution is 2.35. The quantitative estimate of drug-likeness (QED) is 0.731. The number of nitrogens with one attached hydrogen (secondary N) is 1. The molecule has 2 aromatic carbocycles. The molecule has 5 heteroatoms. The van der Waals surface area contributed by atoms with Gasteiger partial charge in [0, 0.05) is 12.5 Å². The Hall–Kier alpha value is -2.95. The van der Waals surface area contributed by atoms with Crippen LogP contribution in [-0.2, 0) is 0 Å². The summed E-state index contributed by atoms with van der Waals surface area (Å²) in [5.41, 5.74) is 2.85. The van der Waals surface area contributed by atoms with E-state index in [4.69, 9.17) is 24.4 Å². The molecule has 0 aliphatic carbocycles. The van der Waals surface area contributed by atoms with Crippen molar-refractivity contribution in [3.63, 3.8) is 0 Å². The van der Waals surface area contributed by atoms with Crippen LogP contribution in [0, 0.1) is 5.41 Å². The normalized spacial score (nSPS) is 11.0. The molecule has 2 rings (SSSR count). The molecule has 132 valence electrons. The van der Waals surface area contributed by atoms with Crippen LogP contribution >= 0.6 is 0 Å². The lowest BCUT2D eigenvalue weighted by Crippen LogP contribution is -1.96. The van der Waals surface area contributed by atoms with Crippen LogP contribution in [0.2, 0.25) is 0 Å². The first-order chi connectivity index (χ1) is 12.2. The molecule has 0 heterocycles. The molecular weight excluding hydrogens is 318 g/mol. The molecule has 1 N–H and O–H groups in total. The summed E-state index contributed by atoms with van der Waals surface area (Å²) in [5.74, 6) is 2.72. The van der Waals surface area contributed by atoms with Crippen molar-refractivity contribution < 1.29 is 18.9 Å². The molecule has 0 aliphatic heterocycles. The van der Waals surface area contributed by atoms with E-state index in [1.54, 1.807) is 28.4 Å². The molecule has 25 heavy (non-hydrogen) atoms. The second kappa shape index (κ2) is 8.78. The molecule has 5 nitrogen and oxygen atoms in total. The minimum atomic E-state index is 0.517. The van der Waals surface area contributed by atoms with Gasteiger partial charge in [-0.1, -0.05) is 12.1 Å². The van der Waals surface area contributed by atoms with Gasteiger partial charge in [0.25, 0.3) is 0 Å². The van der Waals surface area contributed by atoms with Gasteiger partial charge < -0.3 is 24.4 Å². The van der Waals surface area contributed by atoms with Gasteiger partial charge in [-0.25, -0.2) is 0 Å². The van der Waals surface area contributed by atoms with Crippen molar-refractivity contribution >= 4 is 11.8 Å². The Kier molecular flexibility index (Phi) is 6.46. The summed E-state index contributed by atoms with van der Waals surface area (Å²) >= 11 is 0. The molecule has 0 fully saturated rings. The predicted octanol–water partition coefficient (Wildman–Crippen LogP) is 4.19. The maximum Gasteiger partial charge on any atom is 0.161 e. The van der Waals surface area contributed by atoms with E-state index in [1.807, 2.05) is 42.5 Å². The van der Waals surface area contributed by atoms with Crippen molar-refractivity contribution in [2.24, 2.45) is 0 Å².